The standard InChI is InChI=1S/C18H25ClN4/c1-3-21-9-11-22(12-10-21)14-17-15(2)20-23(18(17)19)13-16-7-5-4-6-8-16/h4-8H,3,9-14H2,1-2H3. The van der Waals surface area contributed by atoms with Crippen LogP contribution in [0.25, 0.3) is 0 Å². The van der Waals surface area contributed by atoms with Gasteiger partial charge in [-0.3, -0.25) is 4.90 Å². The van der Waals surface area contributed by atoms with Gasteiger partial charge in [-0.15, -0.1) is 0 Å². The minimum atomic E-state index is 0.726. The second kappa shape index (κ2) is 7.47. The average Bonchev–Trinajstić information content (AvgIpc) is 2.84. The minimum absolute atomic E-state index is 0.726. The summed E-state index contributed by atoms with van der Waals surface area (Å²) in [7, 11) is 0. The molecular formula is C18H25ClN4. The van der Waals surface area contributed by atoms with E-state index in [9.17, 15) is 0 Å². The lowest BCUT2D eigenvalue weighted by Gasteiger charge is -2.33. The van der Waals surface area contributed by atoms with Gasteiger partial charge in [-0.1, -0.05) is 48.9 Å². The van der Waals surface area contributed by atoms with Crippen molar-refractivity contribution >= 4 is 11.6 Å². The third kappa shape index (κ3) is 3.94. The summed E-state index contributed by atoms with van der Waals surface area (Å²) in [4.78, 5) is 4.97. The molecule has 0 bridgehead atoms. The lowest BCUT2D eigenvalue weighted by Crippen LogP contribution is -2.45. The van der Waals surface area contributed by atoms with E-state index in [4.69, 9.17) is 11.6 Å². The Bertz CT molecular complexity index is 630. The summed E-state index contributed by atoms with van der Waals surface area (Å²) in [5.74, 6) is 0. The van der Waals surface area contributed by atoms with Crippen LogP contribution in [0.2, 0.25) is 5.15 Å². The van der Waals surface area contributed by atoms with Crippen molar-refractivity contribution in [3.8, 4) is 0 Å². The van der Waals surface area contributed by atoms with Gasteiger partial charge in [0.1, 0.15) is 5.15 Å². The highest BCUT2D eigenvalue weighted by Crippen LogP contribution is 2.23. The number of benzene rings is 1. The normalized spacial score (nSPS) is 16.8. The molecule has 0 spiro atoms. The van der Waals surface area contributed by atoms with E-state index in [0.717, 1.165) is 56.7 Å². The molecule has 0 aliphatic carbocycles. The quantitative estimate of drug-likeness (QED) is 0.841. The van der Waals surface area contributed by atoms with Crippen LogP contribution >= 0.6 is 11.6 Å². The summed E-state index contributed by atoms with van der Waals surface area (Å²) in [6.45, 7) is 11.6. The smallest absolute Gasteiger partial charge is 0.132 e. The SMILES string of the molecule is CCN1CCN(Cc2c(C)nn(Cc3ccccc3)c2Cl)CC1. The van der Waals surface area contributed by atoms with Crippen LogP contribution in [-0.4, -0.2) is 52.3 Å². The molecule has 0 atom stereocenters. The van der Waals surface area contributed by atoms with Crippen LogP contribution in [0.1, 0.15) is 23.7 Å². The maximum atomic E-state index is 6.62. The van der Waals surface area contributed by atoms with E-state index < -0.39 is 0 Å². The Labute approximate surface area is 143 Å². The van der Waals surface area contributed by atoms with Crippen molar-refractivity contribution in [1.82, 2.24) is 19.6 Å². The van der Waals surface area contributed by atoms with Crippen molar-refractivity contribution in [2.75, 3.05) is 32.7 Å². The molecule has 1 aromatic carbocycles. The van der Waals surface area contributed by atoms with Crippen molar-refractivity contribution in [3.05, 3.63) is 52.3 Å². The first kappa shape index (κ1) is 16.5. The number of rotatable bonds is 5. The zero-order valence-electron chi connectivity index (χ0n) is 14.0. The highest BCUT2D eigenvalue weighted by Gasteiger charge is 2.20. The molecule has 5 heteroatoms. The first-order chi connectivity index (χ1) is 11.2. The molecule has 0 saturated carbocycles. The van der Waals surface area contributed by atoms with Crippen LogP contribution < -0.4 is 0 Å². The van der Waals surface area contributed by atoms with Crippen molar-refractivity contribution in [3.63, 3.8) is 0 Å². The molecule has 23 heavy (non-hydrogen) atoms. The molecule has 1 aliphatic rings. The maximum Gasteiger partial charge on any atom is 0.132 e. The van der Waals surface area contributed by atoms with Gasteiger partial charge in [0.2, 0.25) is 0 Å². The molecule has 0 radical (unpaired) electrons. The highest BCUT2D eigenvalue weighted by atomic mass is 35.5. The molecule has 0 amide bonds. The molecule has 1 aromatic heterocycles. The maximum absolute atomic E-state index is 6.62. The van der Waals surface area contributed by atoms with E-state index in [1.54, 1.807) is 0 Å². The minimum Gasteiger partial charge on any atom is -0.301 e. The third-order valence-corrected chi connectivity index (χ3v) is 5.08. The van der Waals surface area contributed by atoms with Gasteiger partial charge < -0.3 is 4.90 Å². The summed E-state index contributed by atoms with van der Waals surface area (Å²) < 4.78 is 1.92. The lowest BCUT2D eigenvalue weighted by molar-refractivity contribution is 0.132. The molecule has 0 N–H and O–H groups in total. The monoisotopic (exact) mass is 332 g/mol. The zero-order valence-corrected chi connectivity index (χ0v) is 14.8. The van der Waals surface area contributed by atoms with Crippen molar-refractivity contribution in [1.29, 1.82) is 0 Å². The summed E-state index contributed by atoms with van der Waals surface area (Å²) in [6.07, 6.45) is 0. The van der Waals surface area contributed by atoms with Crippen molar-refractivity contribution in [2.24, 2.45) is 0 Å². The Morgan fingerprint density at radius 3 is 2.30 bits per heavy atom. The van der Waals surface area contributed by atoms with Crippen LogP contribution in [-0.2, 0) is 13.1 Å². The lowest BCUT2D eigenvalue weighted by atomic mass is 10.2. The van der Waals surface area contributed by atoms with Gasteiger partial charge in [-0.2, -0.15) is 5.10 Å². The van der Waals surface area contributed by atoms with Crippen LogP contribution in [0.4, 0.5) is 0 Å². The summed E-state index contributed by atoms with van der Waals surface area (Å²) >= 11 is 6.62. The second-order valence-corrected chi connectivity index (χ2v) is 6.57. The summed E-state index contributed by atoms with van der Waals surface area (Å²) in [5.41, 5.74) is 3.44. The molecule has 1 saturated heterocycles. The number of hydrogen-bond acceptors (Lipinski definition) is 3. The van der Waals surface area contributed by atoms with Gasteiger partial charge in [0.25, 0.3) is 0 Å². The van der Waals surface area contributed by atoms with E-state index >= 15 is 0 Å². The topological polar surface area (TPSA) is 24.3 Å². The zero-order chi connectivity index (χ0) is 16.2. The van der Waals surface area contributed by atoms with Gasteiger partial charge in [0.15, 0.2) is 0 Å². The number of halogens is 1. The molecule has 2 aromatic rings. The number of hydrogen-bond donors (Lipinski definition) is 0. The van der Waals surface area contributed by atoms with Gasteiger partial charge in [-0.05, 0) is 19.0 Å². The molecule has 0 unspecified atom stereocenters. The Morgan fingerprint density at radius 2 is 1.65 bits per heavy atom. The van der Waals surface area contributed by atoms with E-state index in [0.29, 0.717) is 0 Å². The number of likely N-dealkylation sites (N-methyl/N-ethyl adjacent to an activating group) is 1. The van der Waals surface area contributed by atoms with Crippen LogP contribution in [0.5, 0.6) is 0 Å². The fourth-order valence-corrected chi connectivity index (χ4v) is 3.41. The molecule has 1 fully saturated rings. The Kier molecular flexibility index (Phi) is 5.36. The predicted molar refractivity (Wildman–Crippen MR) is 94.9 cm³/mol. The Morgan fingerprint density at radius 1 is 1.00 bits per heavy atom. The number of aromatic nitrogens is 2. The van der Waals surface area contributed by atoms with E-state index in [-0.39, 0.29) is 0 Å². The fourth-order valence-electron chi connectivity index (χ4n) is 3.12. The van der Waals surface area contributed by atoms with E-state index in [2.05, 4.69) is 40.9 Å². The fraction of sp³-hybridized carbons (Fsp3) is 0.500. The van der Waals surface area contributed by atoms with Gasteiger partial charge in [0.05, 0.1) is 12.2 Å². The second-order valence-electron chi connectivity index (χ2n) is 6.21. The molecule has 1 aliphatic heterocycles. The molecule has 3 rings (SSSR count). The first-order valence-electron chi connectivity index (χ1n) is 8.37. The molecule has 4 nitrogen and oxygen atoms in total. The molecule has 124 valence electrons. The highest BCUT2D eigenvalue weighted by molar-refractivity contribution is 6.30. The van der Waals surface area contributed by atoms with Gasteiger partial charge in [0, 0.05) is 38.3 Å². The average molecular weight is 333 g/mol. The largest absolute Gasteiger partial charge is 0.301 e. The molecule has 2 heterocycles. The van der Waals surface area contributed by atoms with Crippen LogP contribution in [0.15, 0.2) is 30.3 Å². The van der Waals surface area contributed by atoms with Crippen molar-refractivity contribution < 1.29 is 0 Å². The first-order valence-corrected chi connectivity index (χ1v) is 8.75. The number of aryl methyl sites for hydroxylation is 1. The van der Waals surface area contributed by atoms with Gasteiger partial charge >= 0.3 is 0 Å². The van der Waals surface area contributed by atoms with Crippen LogP contribution in [0.3, 0.4) is 0 Å². The Hall–Kier alpha value is -1.36. The molecular weight excluding hydrogens is 308 g/mol. The number of piperazine rings is 1. The van der Waals surface area contributed by atoms with Crippen LogP contribution in [0, 0.1) is 6.92 Å². The summed E-state index contributed by atoms with van der Waals surface area (Å²) in [5, 5.41) is 5.43. The predicted octanol–water partition coefficient (Wildman–Crippen LogP) is 3.03. The van der Waals surface area contributed by atoms with Gasteiger partial charge in [-0.25, -0.2) is 4.68 Å². The van der Waals surface area contributed by atoms with E-state index in [1.165, 1.54) is 11.1 Å². The summed E-state index contributed by atoms with van der Waals surface area (Å²) in [6, 6.07) is 10.3. The Balaban J connectivity index is 1.69. The van der Waals surface area contributed by atoms with Crippen molar-refractivity contribution in [2.45, 2.75) is 26.9 Å². The third-order valence-electron chi connectivity index (χ3n) is 4.65. The number of nitrogens with zero attached hydrogens (tertiary/aromatic N) is 4. The van der Waals surface area contributed by atoms with E-state index in [1.807, 2.05) is 22.9 Å².